The molecule has 0 fully saturated rings. The van der Waals surface area contributed by atoms with Gasteiger partial charge in [0.25, 0.3) is 0 Å². The summed E-state index contributed by atoms with van der Waals surface area (Å²) in [7, 11) is 0.975. The van der Waals surface area contributed by atoms with E-state index >= 15 is 0 Å². The maximum Gasteiger partial charge on any atom is 0.130 e. The lowest BCUT2D eigenvalue weighted by molar-refractivity contribution is 0.474. The second-order valence-corrected chi connectivity index (χ2v) is 9.04. The minimum Gasteiger partial charge on any atom is -0.508 e. The van der Waals surface area contributed by atoms with E-state index < -0.39 is 0 Å². The summed E-state index contributed by atoms with van der Waals surface area (Å²) in [5, 5.41) is 9.81. The van der Waals surface area contributed by atoms with E-state index in [2.05, 4.69) is 59.1 Å². The lowest BCUT2D eigenvalue weighted by Crippen LogP contribution is -1.92. The van der Waals surface area contributed by atoms with Gasteiger partial charge in [-0.1, -0.05) is 62.6 Å². The molecule has 2 radical (unpaired) electrons. The molecule has 0 saturated heterocycles. The molecular formula is C20H25IOSi. The third-order valence-corrected chi connectivity index (χ3v) is 6.30. The van der Waals surface area contributed by atoms with Crippen LogP contribution in [0.5, 0.6) is 5.75 Å². The number of aryl methyl sites for hydroxylation is 2. The van der Waals surface area contributed by atoms with Crippen molar-refractivity contribution in [2.75, 3.05) is 0 Å². The van der Waals surface area contributed by atoms with E-state index in [-0.39, 0.29) is 0 Å². The zero-order chi connectivity index (χ0) is 16.5. The molecule has 0 heterocycles. The van der Waals surface area contributed by atoms with Crippen LogP contribution in [0, 0.1) is 0 Å². The van der Waals surface area contributed by atoms with E-state index in [1.54, 1.807) is 6.07 Å². The average Bonchev–Trinajstić information content (AvgIpc) is 2.56. The van der Waals surface area contributed by atoms with Gasteiger partial charge in [0.05, 0.1) is 0 Å². The molecule has 2 rings (SSSR count). The van der Waals surface area contributed by atoms with E-state index in [4.69, 9.17) is 0 Å². The molecule has 0 saturated carbocycles. The molecule has 0 unspecified atom stereocenters. The minimum absolute atomic E-state index is 0.372. The number of hydrogen-bond donors (Lipinski definition) is 1. The van der Waals surface area contributed by atoms with Crippen molar-refractivity contribution in [3.63, 3.8) is 0 Å². The standard InChI is InChI=1S/C20H25IOSi/c1-2-3-4-6-16-8-10-17(11-9-16)20-13-12-19(22)15-18(20)7-5-14-23-21/h8-13,15,22H,2-7,14H2,1H3. The number of phenolic OH excluding ortho intramolecular Hbond substituents is 1. The molecule has 0 aliphatic carbocycles. The molecule has 0 amide bonds. The van der Waals surface area contributed by atoms with Gasteiger partial charge in [-0.25, -0.2) is 0 Å². The topological polar surface area (TPSA) is 20.2 Å². The van der Waals surface area contributed by atoms with Crippen molar-refractivity contribution in [1.29, 1.82) is 0 Å². The SMILES string of the molecule is CCCCCc1ccc(-c2ccc(O)cc2CCC[Si]I)cc1. The zero-order valence-electron chi connectivity index (χ0n) is 13.8. The Morgan fingerprint density at radius 2 is 1.74 bits per heavy atom. The molecule has 0 atom stereocenters. The second kappa shape index (κ2) is 10.1. The monoisotopic (exact) mass is 436 g/mol. The molecule has 122 valence electrons. The van der Waals surface area contributed by atoms with Crippen molar-refractivity contribution in [1.82, 2.24) is 0 Å². The highest BCUT2D eigenvalue weighted by atomic mass is 127. The highest BCUT2D eigenvalue weighted by molar-refractivity contribution is 14.1. The van der Waals surface area contributed by atoms with Crippen molar-refractivity contribution in [2.24, 2.45) is 0 Å². The van der Waals surface area contributed by atoms with Crippen LogP contribution in [0.25, 0.3) is 11.1 Å². The Hall–Kier alpha value is -0.813. The molecule has 0 aliphatic heterocycles. The molecule has 0 aromatic heterocycles. The third kappa shape index (κ3) is 5.96. The van der Waals surface area contributed by atoms with Crippen LogP contribution in [0.4, 0.5) is 0 Å². The van der Waals surface area contributed by atoms with Crippen molar-refractivity contribution >= 4 is 28.8 Å². The summed E-state index contributed by atoms with van der Waals surface area (Å²) in [6.45, 7) is 2.24. The first-order chi connectivity index (χ1) is 11.2. The second-order valence-electron chi connectivity index (χ2n) is 5.98. The number of unbranched alkanes of at least 4 members (excludes halogenated alkanes) is 2. The van der Waals surface area contributed by atoms with Crippen LogP contribution in [0.2, 0.25) is 6.04 Å². The number of halogens is 1. The highest BCUT2D eigenvalue weighted by Gasteiger charge is 2.07. The lowest BCUT2D eigenvalue weighted by atomic mass is 9.95. The molecule has 0 bridgehead atoms. The number of phenols is 1. The van der Waals surface area contributed by atoms with Crippen molar-refractivity contribution in [2.45, 2.75) is 51.5 Å². The van der Waals surface area contributed by atoms with Crippen molar-refractivity contribution in [3.8, 4) is 16.9 Å². The fourth-order valence-electron chi connectivity index (χ4n) is 2.84. The van der Waals surface area contributed by atoms with Crippen LogP contribution < -0.4 is 0 Å². The summed E-state index contributed by atoms with van der Waals surface area (Å²) in [6.07, 6.45) is 7.25. The summed E-state index contributed by atoms with van der Waals surface area (Å²) in [5.41, 5.74) is 5.21. The van der Waals surface area contributed by atoms with Gasteiger partial charge in [0.2, 0.25) is 0 Å². The highest BCUT2D eigenvalue weighted by Crippen LogP contribution is 2.29. The Morgan fingerprint density at radius 3 is 2.43 bits per heavy atom. The Labute approximate surface area is 155 Å². The fraction of sp³-hybridized carbons (Fsp3) is 0.400. The third-order valence-electron chi connectivity index (χ3n) is 4.14. The Bertz CT molecular complexity index is 595. The van der Waals surface area contributed by atoms with Crippen LogP contribution in [0.1, 0.15) is 43.7 Å². The van der Waals surface area contributed by atoms with E-state index in [0.717, 1.165) is 13.4 Å². The maximum absolute atomic E-state index is 9.81. The van der Waals surface area contributed by atoms with Crippen LogP contribution >= 0.6 is 21.8 Å². The van der Waals surface area contributed by atoms with Gasteiger partial charge in [0.15, 0.2) is 0 Å². The number of benzene rings is 2. The Morgan fingerprint density at radius 1 is 0.957 bits per heavy atom. The Balaban J connectivity index is 2.13. The number of aromatic hydroxyl groups is 1. The first-order valence-corrected chi connectivity index (χ1v) is 12.8. The predicted octanol–water partition coefficient (Wildman–Crippen LogP) is 6.20. The van der Waals surface area contributed by atoms with Crippen molar-refractivity contribution < 1.29 is 5.11 Å². The number of hydrogen-bond acceptors (Lipinski definition) is 1. The molecular weight excluding hydrogens is 411 g/mol. The Kier molecular flexibility index (Phi) is 8.16. The molecule has 1 nitrogen and oxygen atoms in total. The van der Waals surface area contributed by atoms with Gasteiger partial charge in [0, 0.05) is 0 Å². The van der Waals surface area contributed by atoms with E-state index in [9.17, 15) is 5.11 Å². The smallest absolute Gasteiger partial charge is 0.130 e. The van der Waals surface area contributed by atoms with Gasteiger partial charge in [-0.05, 0) is 53.6 Å². The molecule has 2 aromatic carbocycles. The fourth-order valence-corrected chi connectivity index (χ4v) is 4.30. The van der Waals surface area contributed by atoms with Gasteiger partial charge >= 0.3 is 0 Å². The molecule has 23 heavy (non-hydrogen) atoms. The first-order valence-electron chi connectivity index (χ1n) is 8.49. The van der Waals surface area contributed by atoms with Gasteiger partial charge in [-0.2, -0.15) is 0 Å². The normalized spacial score (nSPS) is 10.9. The molecule has 0 aliphatic rings. The van der Waals surface area contributed by atoms with Gasteiger partial charge < -0.3 is 5.11 Å². The quantitative estimate of drug-likeness (QED) is 0.215. The van der Waals surface area contributed by atoms with Gasteiger partial charge in [0.1, 0.15) is 12.8 Å². The summed E-state index contributed by atoms with van der Waals surface area (Å²) >= 11 is 2.45. The minimum atomic E-state index is 0.372. The van der Waals surface area contributed by atoms with E-state index in [1.165, 1.54) is 60.4 Å². The zero-order valence-corrected chi connectivity index (χ0v) is 17.0. The van der Waals surface area contributed by atoms with Crippen LogP contribution in [0.3, 0.4) is 0 Å². The van der Waals surface area contributed by atoms with Crippen molar-refractivity contribution in [3.05, 3.63) is 53.6 Å². The van der Waals surface area contributed by atoms with E-state index in [1.807, 2.05) is 6.07 Å². The predicted molar refractivity (Wildman–Crippen MR) is 110 cm³/mol. The molecule has 1 N–H and O–H groups in total. The maximum atomic E-state index is 9.81. The van der Waals surface area contributed by atoms with Crippen LogP contribution in [-0.2, 0) is 12.8 Å². The summed E-state index contributed by atoms with van der Waals surface area (Å²) < 4.78 is 0. The lowest BCUT2D eigenvalue weighted by Gasteiger charge is -2.11. The average molecular weight is 436 g/mol. The summed E-state index contributed by atoms with van der Waals surface area (Å²) in [5.74, 6) is 0.372. The number of rotatable bonds is 9. The molecule has 0 spiro atoms. The van der Waals surface area contributed by atoms with Crippen LogP contribution in [-0.4, -0.2) is 12.1 Å². The molecule has 2 aromatic rings. The van der Waals surface area contributed by atoms with Crippen LogP contribution in [0.15, 0.2) is 42.5 Å². The van der Waals surface area contributed by atoms with Gasteiger partial charge in [-0.3, -0.25) is 0 Å². The first kappa shape index (κ1) is 18.5. The van der Waals surface area contributed by atoms with E-state index in [0.29, 0.717) is 5.75 Å². The largest absolute Gasteiger partial charge is 0.508 e. The summed E-state index contributed by atoms with van der Waals surface area (Å²) in [4.78, 5) is 0. The molecule has 3 heteroatoms. The van der Waals surface area contributed by atoms with Gasteiger partial charge in [-0.15, -0.1) is 21.8 Å². The summed E-state index contributed by atoms with van der Waals surface area (Å²) in [6, 6.07) is 16.0.